The molecule has 20 heavy (non-hydrogen) atoms. The Hall–Kier alpha value is -1.26. The number of rotatable bonds is 5. The lowest BCUT2D eigenvalue weighted by Crippen LogP contribution is -2.52. The molecule has 3 atom stereocenters. The minimum absolute atomic E-state index is 0.0450. The first-order valence-electron chi connectivity index (χ1n) is 7.87. The fraction of sp³-hybridized carbons (Fsp3) is 0.867. The summed E-state index contributed by atoms with van der Waals surface area (Å²) in [6.45, 7) is 2.82. The van der Waals surface area contributed by atoms with E-state index < -0.39 is 5.97 Å². The number of nitrogens with one attached hydrogen (secondary N) is 1. The summed E-state index contributed by atoms with van der Waals surface area (Å²) in [6.07, 6.45) is 7.55. The highest BCUT2D eigenvalue weighted by Gasteiger charge is 2.37. The molecular weight excluding hydrogens is 256 g/mol. The third-order valence-corrected chi connectivity index (χ3v) is 4.65. The zero-order valence-corrected chi connectivity index (χ0v) is 12.3. The smallest absolute Gasteiger partial charge is 0.317 e. The molecule has 2 fully saturated rings. The molecular formula is C15H26N2O3. The molecule has 2 amide bonds. The van der Waals surface area contributed by atoms with Gasteiger partial charge in [-0.1, -0.05) is 6.42 Å². The molecule has 2 N–H and O–H groups in total. The minimum atomic E-state index is -0.770. The van der Waals surface area contributed by atoms with Gasteiger partial charge in [0.1, 0.15) is 0 Å². The Balaban J connectivity index is 1.77. The van der Waals surface area contributed by atoms with Gasteiger partial charge < -0.3 is 15.3 Å². The Bertz CT molecular complexity index is 359. The third-order valence-electron chi connectivity index (χ3n) is 4.65. The number of hydrogen-bond acceptors (Lipinski definition) is 2. The number of hydrogen-bond donors (Lipinski definition) is 2. The van der Waals surface area contributed by atoms with Crippen LogP contribution in [-0.2, 0) is 4.79 Å². The SMILES string of the molecule is CC(CCCC(=O)O)NC(=O)N1CCCC2CCCC21. The molecule has 3 unspecified atom stereocenters. The standard InChI is InChI=1S/C15H26N2O3/c1-11(5-2-9-14(18)19)16-15(20)17-10-4-7-12-6-3-8-13(12)17/h11-13H,2-10H2,1H3,(H,16,20)(H,18,19). The fourth-order valence-electron chi connectivity index (χ4n) is 3.63. The first-order valence-corrected chi connectivity index (χ1v) is 7.87. The maximum atomic E-state index is 12.3. The Labute approximate surface area is 120 Å². The summed E-state index contributed by atoms with van der Waals surface area (Å²) < 4.78 is 0. The molecule has 2 aliphatic rings. The predicted molar refractivity (Wildman–Crippen MR) is 76.5 cm³/mol. The summed E-state index contributed by atoms with van der Waals surface area (Å²) in [6, 6.07) is 0.531. The molecule has 0 aromatic rings. The van der Waals surface area contributed by atoms with E-state index in [2.05, 4.69) is 5.32 Å². The molecule has 0 radical (unpaired) electrons. The topological polar surface area (TPSA) is 69.6 Å². The van der Waals surface area contributed by atoms with Crippen LogP contribution >= 0.6 is 0 Å². The van der Waals surface area contributed by atoms with Crippen molar-refractivity contribution >= 4 is 12.0 Å². The van der Waals surface area contributed by atoms with Crippen molar-refractivity contribution in [1.82, 2.24) is 10.2 Å². The van der Waals surface area contributed by atoms with Crippen LogP contribution in [0.15, 0.2) is 0 Å². The summed E-state index contributed by atoms with van der Waals surface area (Å²) >= 11 is 0. The van der Waals surface area contributed by atoms with Gasteiger partial charge in [0.2, 0.25) is 0 Å². The van der Waals surface area contributed by atoms with Crippen LogP contribution in [0.4, 0.5) is 4.79 Å². The monoisotopic (exact) mass is 282 g/mol. The molecule has 0 aromatic heterocycles. The van der Waals surface area contributed by atoms with Crippen molar-refractivity contribution in [2.45, 2.75) is 70.4 Å². The lowest BCUT2D eigenvalue weighted by atomic mass is 9.92. The van der Waals surface area contributed by atoms with Gasteiger partial charge in [-0.25, -0.2) is 4.79 Å². The zero-order valence-electron chi connectivity index (χ0n) is 12.3. The van der Waals surface area contributed by atoms with E-state index in [0.29, 0.717) is 18.4 Å². The summed E-state index contributed by atoms with van der Waals surface area (Å²) in [4.78, 5) is 24.8. The number of carbonyl (C=O) groups is 2. The maximum Gasteiger partial charge on any atom is 0.317 e. The van der Waals surface area contributed by atoms with Crippen LogP contribution in [-0.4, -0.2) is 40.6 Å². The molecule has 1 aliphatic carbocycles. The molecule has 1 saturated heterocycles. The van der Waals surface area contributed by atoms with Crippen LogP contribution in [0.3, 0.4) is 0 Å². The summed E-state index contributed by atoms with van der Waals surface area (Å²) in [5.74, 6) is -0.0647. The largest absolute Gasteiger partial charge is 0.481 e. The van der Waals surface area contributed by atoms with Crippen LogP contribution in [0.5, 0.6) is 0 Å². The molecule has 0 aromatic carbocycles. The van der Waals surface area contributed by atoms with Gasteiger partial charge in [-0.15, -0.1) is 0 Å². The van der Waals surface area contributed by atoms with Crippen molar-refractivity contribution in [3.8, 4) is 0 Å². The van der Waals surface area contributed by atoms with Crippen LogP contribution in [0.1, 0.15) is 58.3 Å². The first kappa shape index (κ1) is 15.1. The van der Waals surface area contributed by atoms with Gasteiger partial charge >= 0.3 is 12.0 Å². The summed E-state index contributed by atoms with van der Waals surface area (Å²) in [5, 5.41) is 11.6. The van der Waals surface area contributed by atoms with Crippen molar-refractivity contribution in [3.63, 3.8) is 0 Å². The maximum absolute atomic E-state index is 12.3. The molecule has 0 bridgehead atoms. The van der Waals surface area contributed by atoms with Crippen LogP contribution < -0.4 is 5.32 Å². The second-order valence-corrected chi connectivity index (χ2v) is 6.23. The highest BCUT2D eigenvalue weighted by atomic mass is 16.4. The van der Waals surface area contributed by atoms with E-state index in [1.54, 1.807) is 0 Å². The number of amides is 2. The van der Waals surface area contributed by atoms with Crippen LogP contribution in [0.25, 0.3) is 0 Å². The van der Waals surface area contributed by atoms with E-state index >= 15 is 0 Å². The summed E-state index contributed by atoms with van der Waals surface area (Å²) in [7, 11) is 0. The Morgan fingerprint density at radius 3 is 2.80 bits per heavy atom. The zero-order chi connectivity index (χ0) is 14.5. The van der Waals surface area contributed by atoms with Gasteiger partial charge in [0.05, 0.1) is 0 Å². The summed E-state index contributed by atoms with van der Waals surface area (Å²) in [5.41, 5.74) is 0. The first-order chi connectivity index (χ1) is 9.58. The quantitative estimate of drug-likeness (QED) is 0.814. The molecule has 1 aliphatic heterocycles. The van der Waals surface area contributed by atoms with Gasteiger partial charge in [0.15, 0.2) is 0 Å². The van der Waals surface area contributed by atoms with Crippen LogP contribution in [0, 0.1) is 5.92 Å². The Morgan fingerprint density at radius 2 is 2.05 bits per heavy atom. The van der Waals surface area contributed by atoms with E-state index in [1.165, 1.54) is 19.3 Å². The van der Waals surface area contributed by atoms with Crippen LogP contribution in [0.2, 0.25) is 0 Å². The van der Waals surface area contributed by atoms with Gasteiger partial charge in [0, 0.05) is 25.0 Å². The second kappa shape index (κ2) is 6.95. The molecule has 114 valence electrons. The highest BCUT2D eigenvalue weighted by Crippen LogP contribution is 2.36. The predicted octanol–water partition coefficient (Wildman–Crippen LogP) is 2.60. The molecule has 5 heteroatoms. The Kier molecular flexibility index (Phi) is 5.26. The van der Waals surface area contributed by atoms with Crippen molar-refractivity contribution < 1.29 is 14.7 Å². The van der Waals surface area contributed by atoms with E-state index in [4.69, 9.17) is 5.11 Å². The number of fused-ring (bicyclic) bond motifs is 1. The third kappa shape index (κ3) is 3.87. The van der Waals surface area contributed by atoms with Gasteiger partial charge in [-0.05, 0) is 51.4 Å². The number of carboxylic acids is 1. The number of aliphatic carboxylic acids is 1. The van der Waals surface area contributed by atoms with Crippen molar-refractivity contribution in [2.75, 3.05) is 6.54 Å². The number of nitrogens with zero attached hydrogens (tertiary/aromatic N) is 1. The number of carbonyl (C=O) groups excluding carboxylic acids is 1. The fourth-order valence-corrected chi connectivity index (χ4v) is 3.63. The molecule has 5 nitrogen and oxygen atoms in total. The van der Waals surface area contributed by atoms with Gasteiger partial charge in [-0.3, -0.25) is 4.79 Å². The van der Waals surface area contributed by atoms with Crippen molar-refractivity contribution in [2.24, 2.45) is 5.92 Å². The van der Waals surface area contributed by atoms with E-state index in [0.717, 1.165) is 25.8 Å². The highest BCUT2D eigenvalue weighted by molar-refractivity contribution is 5.75. The molecule has 1 saturated carbocycles. The van der Waals surface area contributed by atoms with E-state index in [-0.39, 0.29) is 18.5 Å². The lowest BCUT2D eigenvalue weighted by molar-refractivity contribution is -0.137. The number of carboxylic acid groups (broad SMARTS) is 1. The minimum Gasteiger partial charge on any atom is -0.481 e. The normalized spacial score (nSPS) is 26.9. The van der Waals surface area contributed by atoms with Gasteiger partial charge in [-0.2, -0.15) is 0 Å². The second-order valence-electron chi connectivity index (χ2n) is 6.23. The van der Waals surface area contributed by atoms with E-state index in [9.17, 15) is 9.59 Å². The molecule has 1 heterocycles. The molecule has 2 rings (SSSR count). The average molecular weight is 282 g/mol. The lowest BCUT2D eigenvalue weighted by Gasteiger charge is -2.38. The average Bonchev–Trinajstić information content (AvgIpc) is 2.85. The number of piperidine rings is 1. The van der Waals surface area contributed by atoms with Crippen molar-refractivity contribution in [3.05, 3.63) is 0 Å². The Morgan fingerprint density at radius 1 is 1.30 bits per heavy atom. The molecule has 0 spiro atoms. The number of likely N-dealkylation sites (tertiary alicyclic amines) is 1. The van der Waals surface area contributed by atoms with Crippen molar-refractivity contribution in [1.29, 1.82) is 0 Å². The van der Waals surface area contributed by atoms with E-state index in [1.807, 2.05) is 11.8 Å². The number of urea groups is 1. The van der Waals surface area contributed by atoms with Gasteiger partial charge in [0.25, 0.3) is 0 Å².